The first-order valence-electron chi connectivity index (χ1n) is 6.41. The Morgan fingerprint density at radius 3 is 2.94 bits per heavy atom. The number of hydrogen-bond acceptors (Lipinski definition) is 3. The Hall–Kier alpha value is -1.09. The van der Waals surface area contributed by atoms with Crippen molar-refractivity contribution < 1.29 is 14.3 Å². The maximum Gasteiger partial charge on any atom is 0.146 e. The summed E-state index contributed by atoms with van der Waals surface area (Å²) in [5, 5.41) is 0. The Morgan fingerprint density at radius 1 is 1.35 bits per heavy atom. The van der Waals surface area contributed by atoms with Gasteiger partial charge in [0.1, 0.15) is 18.1 Å². The van der Waals surface area contributed by atoms with E-state index in [0.717, 1.165) is 24.0 Å². The first-order valence-corrected chi connectivity index (χ1v) is 6.41. The second-order valence-electron chi connectivity index (χ2n) is 5.13. The molecule has 1 saturated heterocycles. The minimum Gasteiger partial charge on any atom is -0.498 e. The number of hydrogen-bond donors (Lipinski definition) is 0. The molecule has 0 spiro atoms. The fourth-order valence-corrected chi connectivity index (χ4v) is 3.56. The van der Waals surface area contributed by atoms with Crippen molar-refractivity contribution in [3.05, 3.63) is 23.5 Å². The molecule has 3 aliphatic rings. The van der Waals surface area contributed by atoms with Crippen molar-refractivity contribution in [3.8, 4) is 0 Å². The summed E-state index contributed by atoms with van der Waals surface area (Å²) in [6.07, 6.45) is 9.85. The number of fused-ring (bicyclic) bond motifs is 3. The SMILES string of the molecule is COC1=CC=C(C=O)C2C1OC1CCCCC12. The van der Waals surface area contributed by atoms with Gasteiger partial charge in [0, 0.05) is 5.92 Å². The molecule has 0 aromatic rings. The summed E-state index contributed by atoms with van der Waals surface area (Å²) >= 11 is 0. The molecule has 0 aromatic heterocycles. The number of carbonyl (C=O) groups is 1. The van der Waals surface area contributed by atoms with Crippen LogP contribution in [-0.4, -0.2) is 25.6 Å². The van der Waals surface area contributed by atoms with Crippen molar-refractivity contribution in [2.24, 2.45) is 11.8 Å². The predicted molar refractivity (Wildman–Crippen MR) is 63.3 cm³/mol. The van der Waals surface area contributed by atoms with Gasteiger partial charge in [-0.15, -0.1) is 0 Å². The zero-order chi connectivity index (χ0) is 11.8. The van der Waals surface area contributed by atoms with Crippen LogP contribution < -0.4 is 0 Å². The molecule has 3 heteroatoms. The minimum absolute atomic E-state index is 0.0294. The molecule has 0 radical (unpaired) electrons. The summed E-state index contributed by atoms with van der Waals surface area (Å²) in [6, 6.07) is 0. The molecule has 3 rings (SSSR count). The van der Waals surface area contributed by atoms with Gasteiger partial charge in [0.15, 0.2) is 0 Å². The van der Waals surface area contributed by atoms with Crippen LogP contribution in [0.1, 0.15) is 25.7 Å². The average Bonchev–Trinajstić information content (AvgIpc) is 2.77. The van der Waals surface area contributed by atoms with Crippen LogP contribution >= 0.6 is 0 Å². The second-order valence-corrected chi connectivity index (χ2v) is 5.13. The number of aldehydes is 1. The molecular weight excluding hydrogens is 216 g/mol. The largest absolute Gasteiger partial charge is 0.498 e. The van der Waals surface area contributed by atoms with E-state index in [2.05, 4.69) is 0 Å². The van der Waals surface area contributed by atoms with Crippen LogP contribution in [0.4, 0.5) is 0 Å². The second kappa shape index (κ2) is 4.30. The molecule has 2 fully saturated rings. The van der Waals surface area contributed by atoms with Crippen LogP contribution in [0.5, 0.6) is 0 Å². The van der Waals surface area contributed by atoms with E-state index in [-0.39, 0.29) is 12.0 Å². The van der Waals surface area contributed by atoms with Gasteiger partial charge in [-0.1, -0.05) is 18.9 Å². The number of allylic oxidation sites excluding steroid dienone is 2. The molecule has 4 atom stereocenters. The van der Waals surface area contributed by atoms with Crippen molar-refractivity contribution >= 4 is 6.29 Å². The molecule has 1 saturated carbocycles. The van der Waals surface area contributed by atoms with Gasteiger partial charge in [-0.3, -0.25) is 4.79 Å². The quantitative estimate of drug-likeness (QED) is 0.687. The highest BCUT2D eigenvalue weighted by Crippen LogP contribution is 2.47. The van der Waals surface area contributed by atoms with E-state index >= 15 is 0 Å². The van der Waals surface area contributed by atoms with E-state index < -0.39 is 0 Å². The summed E-state index contributed by atoms with van der Waals surface area (Å²) in [4.78, 5) is 11.2. The summed E-state index contributed by atoms with van der Waals surface area (Å²) in [5.74, 6) is 1.59. The van der Waals surface area contributed by atoms with E-state index in [1.54, 1.807) is 7.11 Å². The van der Waals surface area contributed by atoms with Gasteiger partial charge >= 0.3 is 0 Å². The van der Waals surface area contributed by atoms with Crippen LogP contribution in [-0.2, 0) is 14.3 Å². The van der Waals surface area contributed by atoms with Gasteiger partial charge in [-0.25, -0.2) is 0 Å². The lowest BCUT2D eigenvalue weighted by molar-refractivity contribution is -0.105. The lowest BCUT2D eigenvalue weighted by atomic mass is 9.73. The highest BCUT2D eigenvalue weighted by molar-refractivity contribution is 5.76. The zero-order valence-electron chi connectivity index (χ0n) is 10.1. The highest BCUT2D eigenvalue weighted by Gasteiger charge is 2.49. The van der Waals surface area contributed by atoms with Gasteiger partial charge in [0.2, 0.25) is 0 Å². The highest BCUT2D eigenvalue weighted by atomic mass is 16.5. The third-order valence-corrected chi connectivity index (χ3v) is 4.34. The molecule has 4 unspecified atom stereocenters. The monoisotopic (exact) mass is 234 g/mol. The Morgan fingerprint density at radius 2 is 2.18 bits per heavy atom. The van der Waals surface area contributed by atoms with Gasteiger partial charge in [0.05, 0.1) is 13.2 Å². The molecule has 0 N–H and O–H groups in total. The number of carbonyl (C=O) groups excluding carboxylic acids is 1. The van der Waals surface area contributed by atoms with E-state index in [1.807, 2.05) is 12.2 Å². The molecule has 3 nitrogen and oxygen atoms in total. The normalized spacial score (nSPS) is 39.8. The number of ether oxygens (including phenoxy) is 2. The lowest BCUT2D eigenvalue weighted by Crippen LogP contribution is -2.29. The van der Waals surface area contributed by atoms with Gasteiger partial charge in [-0.2, -0.15) is 0 Å². The third-order valence-electron chi connectivity index (χ3n) is 4.34. The van der Waals surface area contributed by atoms with Crippen LogP contribution in [0.25, 0.3) is 0 Å². The average molecular weight is 234 g/mol. The molecular formula is C14H18O3. The number of rotatable bonds is 2. The molecule has 2 aliphatic carbocycles. The smallest absolute Gasteiger partial charge is 0.146 e. The molecule has 0 aromatic carbocycles. The Labute approximate surface area is 101 Å². The first-order chi connectivity index (χ1) is 8.35. The number of methoxy groups -OCH3 is 1. The van der Waals surface area contributed by atoms with E-state index in [1.165, 1.54) is 19.3 Å². The standard InChI is InChI=1S/C14H18O3/c1-16-12-7-6-9(8-15)13-10-4-2-3-5-11(10)17-14(12)13/h6-8,10-11,13-14H,2-5H2,1H3. The van der Waals surface area contributed by atoms with Crippen molar-refractivity contribution in [2.75, 3.05) is 7.11 Å². The van der Waals surface area contributed by atoms with Gasteiger partial charge in [0.25, 0.3) is 0 Å². The van der Waals surface area contributed by atoms with E-state index in [0.29, 0.717) is 12.0 Å². The Bertz CT molecular complexity index is 383. The Balaban J connectivity index is 1.94. The van der Waals surface area contributed by atoms with Crippen molar-refractivity contribution in [2.45, 2.75) is 37.9 Å². The van der Waals surface area contributed by atoms with Crippen molar-refractivity contribution in [1.82, 2.24) is 0 Å². The molecule has 1 aliphatic heterocycles. The Kier molecular flexibility index (Phi) is 2.79. The predicted octanol–water partition coefficient (Wildman–Crippen LogP) is 2.23. The molecule has 0 amide bonds. The summed E-state index contributed by atoms with van der Waals surface area (Å²) < 4.78 is 11.5. The molecule has 17 heavy (non-hydrogen) atoms. The van der Waals surface area contributed by atoms with Crippen LogP contribution in [0, 0.1) is 11.8 Å². The molecule has 0 bridgehead atoms. The summed E-state index contributed by atoms with van der Waals surface area (Å²) in [6.45, 7) is 0. The summed E-state index contributed by atoms with van der Waals surface area (Å²) in [7, 11) is 1.67. The van der Waals surface area contributed by atoms with Crippen LogP contribution in [0.15, 0.2) is 23.5 Å². The topological polar surface area (TPSA) is 35.5 Å². The van der Waals surface area contributed by atoms with E-state index in [9.17, 15) is 4.79 Å². The fraction of sp³-hybridized carbons (Fsp3) is 0.643. The molecule has 92 valence electrons. The van der Waals surface area contributed by atoms with Crippen LogP contribution in [0.2, 0.25) is 0 Å². The summed E-state index contributed by atoms with van der Waals surface area (Å²) in [5.41, 5.74) is 0.880. The van der Waals surface area contributed by atoms with Crippen molar-refractivity contribution in [1.29, 1.82) is 0 Å². The third kappa shape index (κ3) is 1.64. The fourth-order valence-electron chi connectivity index (χ4n) is 3.56. The van der Waals surface area contributed by atoms with Crippen LogP contribution in [0.3, 0.4) is 0 Å². The maximum atomic E-state index is 11.2. The van der Waals surface area contributed by atoms with Gasteiger partial charge < -0.3 is 9.47 Å². The lowest BCUT2D eigenvalue weighted by Gasteiger charge is -2.29. The first kappa shape index (κ1) is 11.0. The van der Waals surface area contributed by atoms with Gasteiger partial charge in [-0.05, 0) is 30.4 Å². The van der Waals surface area contributed by atoms with Crippen molar-refractivity contribution in [3.63, 3.8) is 0 Å². The zero-order valence-corrected chi connectivity index (χ0v) is 10.1. The minimum atomic E-state index is -0.0294. The molecule has 1 heterocycles. The maximum absolute atomic E-state index is 11.2. The van der Waals surface area contributed by atoms with E-state index in [4.69, 9.17) is 9.47 Å².